The van der Waals surface area contributed by atoms with Crippen LogP contribution in [0.1, 0.15) is 37.5 Å². The monoisotopic (exact) mass is 445 g/mol. The molecule has 31 heavy (non-hydrogen) atoms. The molecular weight excluding hydrogens is 418 g/mol. The number of nitrogens with one attached hydrogen (secondary N) is 2. The Morgan fingerprint density at radius 2 is 1.87 bits per heavy atom. The number of nitrogens with zero attached hydrogens (tertiary/aromatic N) is 1. The summed E-state index contributed by atoms with van der Waals surface area (Å²) in [5, 5.41) is 13.1. The standard InChI is InChI=1S/C22H27N3O5S/c1-4-14(2)20(24-21-17-7-5-6-8-19(17)31(28,29)25-21)22(27)23-13-18(26)15-9-11-16(30-3)12-10-15/h5-12,14,18,20,26H,4,13H2,1-3H3,(H,23,27)(H,24,25)/t14-,18?,20-/m0/s1. The third-order valence-electron chi connectivity index (χ3n) is 5.35. The molecular formula is C22H27N3O5S. The highest BCUT2D eigenvalue weighted by molar-refractivity contribution is 7.90. The second kappa shape index (κ2) is 9.49. The van der Waals surface area contributed by atoms with E-state index in [9.17, 15) is 18.3 Å². The molecule has 2 aromatic rings. The molecule has 0 radical (unpaired) electrons. The van der Waals surface area contributed by atoms with Crippen LogP contribution in [0.4, 0.5) is 0 Å². The predicted molar refractivity (Wildman–Crippen MR) is 118 cm³/mol. The molecule has 0 aliphatic carbocycles. The maximum absolute atomic E-state index is 12.9. The SMILES string of the molecule is CC[C@H](C)[C@H](N=C1NS(=O)(=O)c2ccccc21)C(=O)NCC(O)c1ccc(OC)cc1. The molecule has 9 heteroatoms. The number of rotatable bonds is 8. The molecule has 1 aliphatic heterocycles. The van der Waals surface area contributed by atoms with Gasteiger partial charge in [-0.05, 0) is 35.7 Å². The number of methoxy groups -OCH3 is 1. The second-order valence-corrected chi connectivity index (χ2v) is 9.09. The Morgan fingerprint density at radius 1 is 1.19 bits per heavy atom. The van der Waals surface area contributed by atoms with Crippen molar-refractivity contribution in [2.45, 2.75) is 37.3 Å². The van der Waals surface area contributed by atoms with E-state index in [4.69, 9.17) is 4.74 Å². The summed E-state index contributed by atoms with van der Waals surface area (Å²) in [5.74, 6) is 0.319. The van der Waals surface area contributed by atoms with Crippen molar-refractivity contribution in [1.29, 1.82) is 0 Å². The number of amides is 1. The molecule has 3 N–H and O–H groups in total. The van der Waals surface area contributed by atoms with Gasteiger partial charge in [0, 0.05) is 12.1 Å². The molecule has 2 aromatic carbocycles. The van der Waals surface area contributed by atoms with Gasteiger partial charge in [0.2, 0.25) is 5.91 Å². The van der Waals surface area contributed by atoms with Gasteiger partial charge in [-0.1, -0.05) is 44.5 Å². The van der Waals surface area contributed by atoms with Crippen molar-refractivity contribution in [2.24, 2.45) is 10.9 Å². The minimum absolute atomic E-state index is 0.00522. The molecule has 0 saturated carbocycles. The number of hydrogen-bond donors (Lipinski definition) is 3. The fraction of sp³-hybridized carbons (Fsp3) is 0.364. The maximum atomic E-state index is 12.9. The number of carbonyl (C=O) groups excluding carboxylic acids is 1. The number of fused-ring (bicyclic) bond motifs is 1. The zero-order valence-electron chi connectivity index (χ0n) is 17.7. The number of sulfonamides is 1. The van der Waals surface area contributed by atoms with E-state index in [1.54, 1.807) is 49.6 Å². The number of aliphatic hydroxyl groups excluding tert-OH is 1. The Bertz CT molecular complexity index is 1070. The zero-order valence-corrected chi connectivity index (χ0v) is 18.5. The third-order valence-corrected chi connectivity index (χ3v) is 6.75. The van der Waals surface area contributed by atoms with E-state index in [-0.39, 0.29) is 29.1 Å². The van der Waals surface area contributed by atoms with E-state index in [0.29, 0.717) is 23.3 Å². The van der Waals surface area contributed by atoms with Crippen molar-refractivity contribution >= 4 is 21.8 Å². The molecule has 1 heterocycles. The van der Waals surface area contributed by atoms with Gasteiger partial charge in [-0.2, -0.15) is 0 Å². The first-order valence-corrected chi connectivity index (χ1v) is 11.5. The summed E-state index contributed by atoms with van der Waals surface area (Å²) in [6, 6.07) is 12.6. The van der Waals surface area contributed by atoms with E-state index < -0.39 is 22.2 Å². The highest BCUT2D eigenvalue weighted by Gasteiger charge is 2.33. The molecule has 0 spiro atoms. The summed E-state index contributed by atoms with van der Waals surface area (Å²) in [5.41, 5.74) is 1.09. The zero-order chi connectivity index (χ0) is 22.6. The van der Waals surface area contributed by atoms with E-state index in [2.05, 4.69) is 15.0 Å². The highest BCUT2D eigenvalue weighted by Crippen LogP contribution is 2.24. The summed E-state index contributed by atoms with van der Waals surface area (Å²) < 4.78 is 32.2. The van der Waals surface area contributed by atoms with Gasteiger partial charge >= 0.3 is 0 Å². The number of aliphatic hydroxyl groups is 1. The van der Waals surface area contributed by atoms with Gasteiger partial charge in [0.25, 0.3) is 10.0 Å². The fourth-order valence-electron chi connectivity index (χ4n) is 3.28. The van der Waals surface area contributed by atoms with Crippen molar-refractivity contribution in [3.63, 3.8) is 0 Å². The van der Waals surface area contributed by atoms with E-state index in [0.717, 1.165) is 0 Å². The molecule has 3 atom stereocenters. The van der Waals surface area contributed by atoms with Crippen LogP contribution < -0.4 is 14.8 Å². The highest BCUT2D eigenvalue weighted by atomic mass is 32.2. The van der Waals surface area contributed by atoms with Crippen LogP contribution in [-0.4, -0.2) is 45.0 Å². The summed E-state index contributed by atoms with van der Waals surface area (Å²) in [7, 11) is -2.13. The number of aliphatic imine (C=N–C) groups is 1. The summed E-state index contributed by atoms with van der Waals surface area (Å²) in [4.78, 5) is 17.5. The molecule has 166 valence electrons. The van der Waals surface area contributed by atoms with Gasteiger partial charge in [-0.15, -0.1) is 0 Å². The molecule has 1 aliphatic rings. The van der Waals surface area contributed by atoms with E-state index >= 15 is 0 Å². The number of hydrogen-bond acceptors (Lipinski definition) is 6. The first-order chi connectivity index (χ1) is 14.8. The van der Waals surface area contributed by atoms with Gasteiger partial charge in [0.05, 0.1) is 18.1 Å². The van der Waals surface area contributed by atoms with E-state index in [1.807, 2.05) is 13.8 Å². The quantitative estimate of drug-likeness (QED) is 0.575. The molecule has 0 aromatic heterocycles. The van der Waals surface area contributed by atoms with E-state index in [1.165, 1.54) is 6.07 Å². The molecule has 1 amide bonds. The van der Waals surface area contributed by atoms with Gasteiger partial charge < -0.3 is 15.2 Å². The van der Waals surface area contributed by atoms with Crippen LogP contribution in [0, 0.1) is 5.92 Å². The topological polar surface area (TPSA) is 117 Å². The average Bonchev–Trinajstić information content (AvgIpc) is 3.05. The van der Waals surface area contributed by atoms with Crippen LogP contribution in [0.15, 0.2) is 58.4 Å². The summed E-state index contributed by atoms with van der Waals surface area (Å²) in [6.07, 6.45) is -0.226. The minimum Gasteiger partial charge on any atom is -0.497 e. The largest absolute Gasteiger partial charge is 0.497 e. The lowest BCUT2D eigenvalue weighted by molar-refractivity contribution is -0.123. The Balaban J connectivity index is 1.77. The number of ether oxygens (including phenoxy) is 1. The van der Waals surface area contributed by atoms with Crippen LogP contribution in [0.3, 0.4) is 0 Å². The number of benzene rings is 2. The summed E-state index contributed by atoms with van der Waals surface area (Å²) in [6.45, 7) is 3.82. The van der Waals surface area contributed by atoms with Crippen molar-refractivity contribution in [1.82, 2.24) is 10.0 Å². The van der Waals surface area contributed by atoms with Crippen molar-refractivity contribution in [2.75, 3.05) is 13.7 Å². The van der Waals surface area contributed by atoms with Crippen LogP contribution in [0.25, 0.3) is 0 Å². The molecule has 3 rings (SSSR count). The summed E-state index contributed by atoms with van der Waals surface area (Å²) >= 11 is 0. The van der Waals surface area contributed by atoms with Crippen LogP contribution in [0.2, 0.25) is 0 Å². The van der Waals surface area contributed by atoms with Crippen LogP contribution in [0.5, 0.6) is 5.75 Å². The number of amidine groups is 1. The van der Waals surface area contributed by atoms with Crippen molar-refractivity contribution < 1.29 is 23.1 Å². The second-order valence-electron chi connectivity index (χ2n) is 7.44. The normalized spacial score (nSPS) is 18.5. The smallest absolute Gasteiger partial charge is 0.263 e. The van der Waals surface area contributed by atoms with Gasteiger partial charge in [-0.25, -0.2) is 8.42 Å². The lowest BCUT2D eigenvalue weighted by atomic mass is 9.98. The molecule has 0 saturated heterocycles. The first-order valence-electron chi connectivity index (χ1n) is 10.1. The van der Waals surface area contributed by atoms with Gasteiger partial charge in [-0.3, -0.25) is 14.5 Å². The molecule has 0 fully saturated rings. The van der Waals surface area contributed by atoms with Crippen LogP contribution >= 0.6 is 0 Å². The Kier molecular flexibility index (Phi) is 6.97. The Hall–Kier alpha value is -2.91. The Labute approximate surface area is 182 Å². The lowest BCUT2D eigenvalue weighted by Gasteiger charge is -2.20. The fourth-order valence-corrected chi connectivity index (χ4v) is 4.52. The lowest BCUT2D eigenvalue weighted by Crippen LogP contribution is -2.40. The predicted octanol–water partition coefficient (Wildman–Crippen LogP) is 2.00. The molecule has 1 unspecified atom stereocenters. The van der Waals surface area contributed by atoms with Gasteiger partial charge in [0.15, 0.2) is 0 Å². The van der Waals surface area contributed by atoms with Crippen molar-refractivity contribution in [3.8, 4) is 5.75 Å². The number of carbonyl (C=O) groups is 1. The first kappa shape index (κ1) is 22.8. The third kappa shape index (κ3) is 5.05. The molecule has 0 bridgehead atoms. The minimum atomic E-state index is -3.69. The Morgan fingerprint density at radius 3 is 2.52 bits per heavy atom. The van der Waals surface area contributed by atoms with Crippen molar-refractivity contribution in [3.05, 3.63) is 59.7 Å². The van der Waals surface area contributed by atoms with Crippen LogP contribution in [-0.2, 0) is 14.8 Å². The van der Waals surface area contributed by atoms with Gasteiger partial charge in [0.1, 0.15) is 17.6 Å². The molecule has 8 nitrogen and oxygen atoms in total. The maximum Gasteiger partial charge on any atom is 0.263 e. The average molecular weight is 446 g/mol.